The summed E-state index contributed by atoms with van der Waals surface area (Å²) in [5, 5.41) is 4.43. The van der Waals surface area contributed by atoms with Crippen LogP contribution >= 0.6 is 46.8 Å². The molecule has 0 unspecified atom stereocenters. The lowest BCUT2D eigenvalue weighted by Gasteiger charge is -2.06. The molecule has 0 aliphatic rings. The van der Waals surface area contributed by atoms with Crippen molar-refractivity contribution in [1.29, 1.82) is 0 Å². The van der Waals surface area contributed by atoms with E-state index in [1.165, 1.54) is 0 Å². The smallest absolute Gasteiger partial charge is 0.265 e. The van der Waals surface area contributed by atoms with Gasteiger partial charge in [-0.05, 0) is 54.5 Å². The van der Waals surface area contributed by atoms with Gasteiger partial charge in [0.15, 0.2) is 3.95 Å². The molecule has 2 aromatic heterocycles. The number of benzene rings is 2. The largest absolute Gasteiger partial charge is 0.351 e. The fourth-order valence-corrected chi connectivity index (χ4v) is 4.57. The number of carbonyl (C=O) groups is 1. The average Bonchev–Trinajstić information content (AvgIpc) is 3.00. The standard InChI is InChI=1S/C19H13Cl2N3O2S2/c20-11-3-1-10(2-4-11)7-8-22-18(26)15-16-23-17(25)13-9-12(21)5-6-14(13)24(16)19(27)28-15/h1-6,9H,7-8H2,(H,22,26)(H,23,25). The van der Waals surface area contributed by atoms with E-state index in [9.17, 15) is 9.59 Å². The van der Waals surface area contributed by atoms with Gasteiger partial charge in [-0.1, -0.05) is 46.7 Å². The van der Waals surface area contributed by atoms with E-state index < -0.39 is 0 Å². The van der Waals surface area contributed by atoms with Gasteiger partial charge in [0.2, 0.25) is 0 Å². The fraction of sp³-hybridized carbons (Fsp3) is 0.105. The van der Waals surface area contributed by atoms with Crippen LogP contribution in [0.4, 0.5) is 0 Å². The maximum Gasteiger partial charge on any atom is 0.265 e. The zero-order valence-electron chi connectivity index (χ0n) is 14.3. The van der Waals surface area contributed by atoms with Gasteiger partial charge < -0.3 is 10.3 Å². The summed E-state index contributed by atoms with van der Waals surface area (Å²) in [6, 6.07) is 12.5. The van der Waals surface area contributed by atoms with Gasteiger partial charge in [0.25, 0.3) is 11.5 Å². The molecule has 0 aliphatic heterocycles. The van der Waals surface area contributed by atoms with Gasteiger partial charge in [0.05, 0.1) is 10.9 Å². The number of nitrogens with one attached hydrogen (secondary N) is 2. The predicted octanol–water partition coefficient (Wildman–Crippen LogP) is 4.85. The molecule has 0 saturated carbocycles. The van der Waals surface area contributed by atoms with Crippen molar-refractivity contribution in [1.82, 2.24) is 14.7 Å². The van der Waals surface area contributed by atoms with E-state index in [1.54, 1.807) is 22.6 Å². The molecule has 4 aromatic rings. The minimum atomic E-state index is -0.319. The molecule has 4 rings (SSSR count). The number of aromatic amines is 1. The highest BCUT2D eigenvalue weighted by Gasteiger charge is 2.17. The topological polar surface area (TPSA) is 66.4 Å². The molecule has 5 nitrogen and oxygen atoms in total. The van der Waals surface area contributed by atoms with E-state index >= 15 is 0 Å². The first-order chi connectivity index (χ1) is 13.4. The number of amides is 1. The highest BCUT2D eigenvalue weighted by atomic mass is 35.5. The van der Waals surface area contributed by atoms with Crippen LogP contribution in [0.1, 0.15) is 15.2 Å². The van der Waals surface area contributed by atoms with Crippen LogP contribution in [0.3, 0.4) is 0 Å². The van der Waals surface area contributed by atoms with E-state index in [-0.39, 0.29) is 11.5 Å². The first-order valence-electron chi connectivity index (χ1n) is 8.34. The molecule has 0 radical (unpaired) electrons. The summed E-state index contributed by atoms with van der Waals surface area (Å²) in [6.07, 6.45) is 0.665. The predicted molar refractivity (Wildman–Crippen MR) is 117 cm³/mol. The zero-order chi connectivity index (χ0) is 19.8. The van der Waals surface area contributed by atoms with Gasteiger partial charge in [-0.2, -0.15) is 0 Å². The van der Waals surface area contributed by atoms with Crippen LogP contribution in [0.25, 0.3) is 16.6 Å². The Morgan fingerprint density at radius 1 is 1.14 bits per heavy atom. The first-order valence-corrected chi connectivity index (χ1v) is 10.3. The second kappa shape index (κ2) is 7.67. The summed E-state index contributed by atoms with van der Waals surface area (Å²) in [6.45, 7) is 0.449. The van der Waals surface area contributed by atoms with Crippen LogP contribution in [-0.4, -0.2) is 21.8 Å². The number of hydrogen-bond acceptors (Lipinski definition) is 4. The molecule has 0 bridgehead atoms. The molecular formula is C19H13Cl2N3O2S2. The number of fused-ring (bicyclic) bond motifs is 3. The van der Waals surface area contributed by atoms with Crippen molar-refractivity contribution >= 4 is 69.2 Å². The Balaban J connectivity index is 1.65. The molecule has 28 heavy (non-hydrogen) atoms. The van der Waals surface area contributed by atoms with E-state index in [2.05, 4.69) is 10.3 Å². The molecule has 1 amide bonds. The molecule has 2 aromatic carbocycles. The third-order valence-electron chi connectivity index (χ3n) is 4.31. The molecular weight excluding hydrogens is 437 g/mol. The lowest BCUT2D eigenvalue weighted by molar-refractivity contribution is 0.0959. The normalized spacial score (nSPS) is 11.2. The van der Waals surface area contributed by atoms with Gasteiger partial charge in [-0.3, -0.25) is 14.0 Å². The fourth-order valence-electron chi connectivity index (χ4n) is 2.97. The Kier molecular flexibility index (Phi) is 5.25. The molecule has 0 saturated heterocycles. The molecule has 0 fully saturated rings. The second-order valence-electron chi connectivity index (χ2n) is 6.13. The Labute approximate surface area is 178 Å². The average molecular weight is 450 g/mol. The van der Waals surface area contributed by atoms with Crippen LogP contribution in [0.15, 0.2) is 47.3 Å². The number of thiazole rings is 1. The van der Waals surface area contributed by atoms with Gasteiger partial charge in [-0.15, -0.1) is 0 Å². The summed E-state index contributed by atoms with van der Waals surface area (Å²) in [5.41, 5.74) is 1.75. The Morgan fingerprint density at radius 2 is 1.86 bits per heavy atom. The quantitative estimate of drug-likeness (QED) is 0.437. The number of H-pyrrole nitrogens is 1. The van der Waals surface area contributed by atoms with Crippen molar-refractivity contribution in [2.24, 2.45) is 0 Å². The molecule has 142 valence electrons. The van der Waals surface area contributed by atoms with Gasteiger partial charge in [0, 0.05) is 16.6 Å². The highest BCUT2D eigenvalue weighted by Crippen LogP contribution is 2.24. The highest BCUT2D eigenvalue weighted by molar-refractivity contribution is 7.73. The van der Waals surface area contributed by atoms with E-state index in [0.29, 0.717) is 48.4 Å². The summed E-state index contributed by atoms with van der Waals surface area (Å²) in [7, 11) is 0. The monoisotopic (exact) mass is 449 g/mol. The van der Waals surface area contributed by atoms with Gasteiger partial charge in [-0.25, -0.2) is 0 Å². The maximum absolute atomic E-state index is 12.7. The van der Waals surface area contributed by atoms with E-state index in [4.69, 9.17) is 35.4 Å². The maximum atomic E-state index is 12.7. The van der Waals surface area contributed by atoms with Gasteiger partial charge >= 0.3 is 0 Å². The van der Waals surface area contributed by atoms with Crippen molar-refractivity contribution < 1.29 is 4.79 Å². The van der Waals surface area contributed by atoms with E-state index in [1.807, 2.05) is 24.3 Å². The van der Waals surface area contributed by atoms with Crippen LogP contribution in [0.5, 0.6) is 0 Å². The van der Waals surface area contributed by atoms with Crippen LogP contribution < -0.4 is 10.9 Å². The van der Waals surface area contributed by atoms with Crippen LogP contribution in [-0.2, 0) is 6.42 Å². The third-order valence-corrected chi connectivity index (χ3v) is 6.17. The van der Waals surface area contributed by atoms with Gasteiger partial charge in [0.1, 0.15) is 10.5 Å². The lowest BCUT2D eigenvalue weighted by atomic mass is 10.1. The molecule has 2 N–H and O–H groups in total. The molecule has 0 atom stereocenters. The molecule has 9 heteroatoms. The number of nitrogens with zero attached hydrogens (tertiary/aromatic N) is 1. The summed E-state index contributed by atoms with van der Waals surface area (Å²) < 4.78 is 2.17. The van der Waals surface area contributed by atoms with Crippen molar-refractivity contribution in [3.05, 3.63) is 77.3 Å². The minimum Gasteiger partial charge on any atom is -0.351 e. The van der Waals surface area contributed by atoms with E-state index in [0.717, 1.165) is 16.9 Å². The summed E-state index contributed by atoms with van der Waals surface area (Å²) >= 11 is 18.5. The van der Waals surface area contributed by atoms with Crippen molar-refractivity contribution in [2.45, 2.75) is 6.42 Å². The lowest BCUT2D eigenvalue weighted by Crippen LogP contribution is -2.25. The van der Waals surface area contributed by atoms with Crippen molar-refractivity contribution in [3.8, 4) is 0 Å². The zero-order valence-corrected chi connectivity index (χ0v) is 17.4. The van der Waals surface area contributed by atoms with Crippen molar-refractivity contribution in [2.75, 3.05) is 6.54 Å². The number of carbonyl (C=O) groups excluding carboxylic acids is 1. The molecule has 0 aliphatic carbocycles. The Bertz CT molecular complexity index is 1320. The summed E-state index contributed by atoms with van der Waals surface area (Å²) in [5.74, 6) is -0.281. The number of aromatic nitrogens is 2. The molecule has 0 spiro atoms. The Morgan fingerprint density at radius 3 is 2.61 bits per heavy atom. The Hall–Kier alpha value is -2.19. The van der Waals surface area contributed by atoms with Crippen LogP contribution in [0, 0.1) is 3.95 Å². The first kappa shape index (κ1) is 19.1. The number of halogens is 2. The number of hydrogen-bond donors (Lipinski definition) is 2. The summed E-state index contributed by atoms with van der Waals surface area (Å²) in [4.78, 5) is 28.3. The molecule has 2 heterocycles. The second-order valence-corrected chi connectivity index (χ2v) is 8.65. The SMILES string of the molecule is O=C(NCCc1ccc(Cl)cc1)c1sc(=S)n2c1[nH]c(=O)c1cc(Cl)ccc12. The van der Waals surface area contributed by atoms with Crippen LogP contribution in [0.2, 0.25) is 10.0 Å². The number of rotatable bonds is 4. The minimum absolute atomic E-state index is 0.281. The van der Waals surface area contributed by atoms with Crippen molar-refractivity contribution in [3.63, 3.8) is 0 Å². The third kappa shape index (κ3) is 3.58.